The number of anilines is 1. The minimum Gasteiger partial charge on any atom is -0.462 e. The van der Waals surface area contributed by atoms with Crippen LogP contribution in [-0.4, -0.2) is 5.11 Å². The molecule has 0 aliphatic rings. The smallest absolute Gasteiger partial charge is 0.129 e. The van der Waals surface area contributed by atoms with Gasteiger partial charge in [-0.15, -0.1) is 0 Å². The van der Waals surface area contributed by atoms with Crippen LogP contribution in [0.3, 0.4) is 0 Å². The van der Waals surface area contributed by atoms with Gasteiger partial charge in [-0.1, -0.05) is 0 Å². The van der Waals surface area contributed by atoms with E-state index >= 15 is 0 Å². The molecule has 1 aromatic heterocycles. The molecule has 2 rings (SSSR count). The van der Waals surface area contributed by atoms with Gasteiger partial charge in [-0.05, 0) is 68.9 Å². The second kappa shape index (κ2) is 5.88. The minimum absolute atomic E-state index is 0.0626. The van der Waals surface area contributed by atoms with Gasteiger partial charge in [-0.25, -0.2) is 0 Å². The molecule has 0 saturated heterocycles. The van der Waals surface area contributed by atoms with Crippen LogP contribution in [0.25, 0.3) is 0 Å². The SMILES string of the molecule is OCc1ccc(CNc2cc(I)ccc2Br)o1. The van der Waals surface area contributed by atoms with Crippen LogP contribution in [0.15, 0.2) is 39.2 Å². The lowest BCUT2D eigenvalue weighted by Gasteiger charge is -2.07. The molecule has 0 fully saturated rings. The minimum atomic E-state index is -0.0626. The fraction of sp³-hybridized carbons (Fsp3) is 0.167. The lowest BCUT2D eigenvalue weighted by atomic mass is 10.3. The van der Waals surface area contributed by atoms with Crippen LogP contribution >= 0.6 is 38.5 Å². The number of halogens is 2. The monoisotopic (exact) mass is 407 g/mol. The van der Waals surface area contributed by atoms with Gasteiger partial charge in [-0.3, -0.25) is 0 Å². The lowest BCUT2D eigenvalue weighted by molar-refractivity contribution is 0.244. The summed E-state index contributed by atoms with van der Waals surface area (Å²) in [4.78, 5) is 0. The van der Waals surface area contributed by atoms with Crippen LogP contribution in [0.4, 0.5) is 5.69 Å². The molecule has 0 radical (unpaired) electrons. The third kappa shape index (κ3) is 3.46. The van der Waals surface area contributed by atoms with Crippen LogP contribution in [0.5, 0.6) is 0 Å². The zero-order chi connectivity index (χ0) is 12.3. The van der Waals surface area contributed by atoms with E-state index in [0.717, 1.165) is 15.9 Å². The predicted molar refractivity (Wildman–Crippen MR) is 78.8 cm³/mol. The lowest BCUT2D eigenvalue weighted by Crippen LogP contribution is -1.99. The Kier molecular flexibility index (Phi) is 4.47. The predicted octanol–water partition coefficient (Wildman–Crippen LogP) is 3.75. The van der Waals surface area contributed by atoms with Crippen LogP contribution in [0.2, 0.25) is 0 Å². The standard InChI is InChI=1S/C12H11BrINO2/c13-11-4-1-8(14)5-12(11)15-6-9-2-3-10(7-16)17-9/h1-5,15-16H,6-7H2. The molecular formula is C12H11BrINO2. The molecule has 5 heteroatoms. The molecule has 1 heterocycles. The van der Waals surface area contributed by atoms with Gasteiger partial charge >= 0.3 is 0 Å². The van der Waals surface area contributed by atoms with Crippen molar-refractivity contribution in [3.05, 3.63) is 49.9 Å². The van der Waals surface area contributed by atoms with Crippen molar-refractivity contribution in [2.75, 3.05) is 5.32 Å². The van der Waals surface area contributed by atoms with Crippen molar-refractivity contribution in [3.8, 4) is 0 Å². The molecule has 3 nitrogen and oxygen atoms in total. The zero-order valence-corrected chi connectivity index (χ0v) is 12.7. The van der Waals surface area contributed by atoms with E-state index in [9.17, 15) is 0 Å². The molecule has 1 aromatic carbocycles. The molecular weight excluding hydrogens is 397 g/mol. The van der Waals surface area contributed by atoms with Gasteiger partial charge in [0.15, 0.2) is 0 Å². The van der Waals surface area contributed by atoms with Crippen molar-refractivity contribution in [3.63, 3.8) is 0 Å². The number of furan rings is 1. The van der Waals surface area contributed by atoms with E-state index in [1.165, 1.54) is 3.57 Å². The largest absolute Gasteiger partial charge is 0.462 e. The van der Waals surface area contributed by atoms with Crippen LogP contribution in [0.1, 0.15) is 11.5 Å². The maximum Gasteiger partial charge on any atom is 0.129 e. The second-order valence-corrected chi connectivity index (χ2v) is 5.60. The van der Waals surface area contributed by atoms with Gasteiger partial charge in [0.05, 0.1) is 6.54 Å². The van der Waals surface area contributed by atoms with Gasteiger partial charge in [-0.2, -0.15) is 0 Å². The Bertz CT molecular complexity index is 513. The Morgan fingerprint density at radius 2 is 2.00 bits per heavy atom. The van der Waals surface area contributed by atoms with E-state index in [0.29, 0.717) is 12.3 Å². The first-order valence-corrected chi connectivity index (χ1v) is 6.93. The molecule has 2 aromatic rings. The second-order valence-electron chi connectivity index (χ2n) is 3.50. The number of benzene rings is 1. The Morgan fingerprint density at radius 3 is 2.71 bits per heavy atom. The fourth-order valence-electron chi connectivity index (χ4n) is 1.42. The third-order valence-electron chi connectivity index (χ3n) is 2.25. The van der Waals surface area contributed by atoms with Crippen LogP contribution in [0, 0.1) is 3.57 Å². The van der Waals surface area contributed by atoms with E-state index in [-0.39, 0.29) is 6.61 Å². The summed E-state index contributed by atoms with van der Waals surface area (Å²) in [5.41, 5.74) is 1.03. The van der Waals surface area contributed by atoms with Crippen molar-refractivity contribution < 1.29 is 9.52 Å². The molecule has 0 spiro atoms. The maximum atomic E-state index is 8.89. The number of aliphatic hydroxyl groups excluding tert-OH is 1. The fourth-order valence-corrected chi connectivity index (χ4v) is 2.30. The van der Waals surface area contributed by atoms with Crippen LogP contribution < -0.4 is 5.32 Å². The van der Waals surface area contributed by atoms with Gasteiger partial charge in [0.25, 0.3) is 0 Å². The molecule has 0 aliphatic carbocycles. The Hall–Kier alpha value is -0.530. The Balaban J connectivity index is 2.04. The van der Waals surface area contributed by atoms with E-state index in [2.05, 4.69) is 49.9 Å². The van der Waals surface area contributed by atoms with Gasteiger partial charge in [0.2, 0.25) is 0 Å². The average molecular weight is 408 g/mol. The first kappa shape index (κ1) is 12.9. The first-order chi connectivity index (χ1) is 8.19. The molecule has 0 saturated carbocycles. The molecule has 2 N–H and O–H groups in total. The van der Waals surface area contributed by atoms with Gasteiger partial charge in [0, 0.05) is 13.7 Å². The normalized spacial score (nSPS) is 10.5. The van der Waals surface area contributed by atoms with Crippen molar-refractivity contribution in [1.82, 2.24) is 0 Å². The summed E-state index contributed by atoms with van der Waals surface area (Å²) in [6.07, 6.45) is 0. The highest BCUT2D eigenvalue weighted by Crippen LogP contribution is 2.25. The third-order valence-corrected chi connectivity index (χ3v) is 3.62. The number of nitrogens with one attached hydrogen (secondary N) is 1. The highest BCUT2D eigenvalue weighted by atomic mass is 127. The molecule has 0 aliphatic heterocycles. The summed E-state index contributed by atoms with van der Waals surface area (Å²) in [6.45, 7) is 0.533. The maximum absolute atomic E-state index is 8.89. The number of rotatable bonds is 4. The van der Waals surface area contributed by atoms with E-state index in [1.807, 2.05) is 18.2 Å². The Morgan fingerprint density at radius 1 is 1.24 bits per heavy atom. The number of aliphatic hydroxyl groups is 1. The molecule has 0 bridgehead atoms. The Labute approximate surface area is 121 Å². The van der Waals surface area contributed by atoms with Gasteiger partial charge in [0.1, 0.15) is 18.1 Å². The summed E-state index contributed by atoms with van der Waals surface area (Å²) in [7, 11) is 0. The first-order valence-electron chi connectivity index (χ1n) is 5.06. The van der Waals surface area contributed by atoms with Crippen molar-refractivity contribution in [2.24, 2.45) is 0 Å². The van der Waals surface area contributed by atoms with E-state index < -0.39 is 0 Å². The van der Waals surface area contributed by atoms with Crippen molar-refractivity contribution in [2.45, 2.75) is 13.2 Å². The number of hydrogen-bond donors (Lipinski definition) is 2. The average Bonchev–Trinajstić information content (AvgIpc) is 2.78. The summed E-state index contributed by atoms with van der Waals surface area (Å²) in [5, 5.41) is 12.2. The van der Waals surface area contributed by atoms with Crippen LogP contribution in [-0.2, 0) is 13.2 Å². The molecule has 0 amide bonds. The topological polar surface area (TPSA) is 45.4 Å². The van der Waals surface area contributed by atoms with Gasteiger partial charge < -0.3 is 14.8 Å². The molecule has 0 atom stereocenters. The molecule has 90 valence electrons. The molecule has 0 unspecified atom stereocenters. The van der Waals surface area contributed by atoms with Crippen molar-refractivity contribution >= 4 is 44.2 Å². The summed E-state index contributed by atoms with van der Waals surface area (Å²) >= 11 is 5.76. The van der Waals surface area contributed by atoms with E-state index in [1.54, 1.807) is 6.07 Å². The number of hydrogen-bond acceptors (Lipinski definition) is 3. The van der Waals surface area contributed by atoms with E-state index in [4.69, 9.17) is 9.52 Å². The quantitative estimate of drug-likeness (QED) is 0.758. The summed E-state index contributed by atoms with van der Waals surface area (Å²) in [6, 6.07) is 9.74. The highest BCUT2D eigenvalue weighted by Gasteiger charge is 2.03. The van der Waals surface area contributed by atoms with Crippen molar-refractivity contribution in [1.29, 1.82) is 0 Å². The highest BCUT2D eigenvalue weighted by molar-refractivity contribution is 14.1. The zero-order valence-electron chi connectivity index (χ0n) is 8.91. The molecule has 17 heavy (non-hydrogen) atoms. The summed E-state index contributed by atoms with van der Waals surface area (Å²) < 4.78 is 7.59. The summed E-state index contributed by atoms with van der Waals surface area (Å²) in [5.74, 6) is 1.39.